The fraction of sp³-hybridized carbons (Fsp3) is 0.333. The van der Waals surface area contributed by atoms with Crippen LogP contribution in [0.4, 0.5) is 11.5 Å². The smallest absolute Gasteiger partial charge is 0.341 e. The summed E-state index contributed by atoms with van der Waals surface area (Å²) in [5.41, 5.74) is 3.16. The van der Waals surface area contributed by atoms with Crippen LogP contribution >= 0.6 is 0 Å². The van der Waals surface area contributed by atoms with Crippen LogP contribution in [0.15, 0.2) is 24.3 Å². The summed E-state index contributed by atoms with van der Waals surface area (Å²) in [6.07, 6.45) is 0.916. The standard InChI is InChI=1S/C15H17N3O2/c1-9-8-11-6-4-5-7-12(11)18(9)14-13(15(19)20)10(2)16-17(14)3/h4-7,9H,8H2,1-3H3,(H,19,20). The van der Waals surface area contributed by atoms with Gasteiger partial charge in [-0.3, -0.25) is 4.68 Å². The molecular weight excluding hydrogens is 254 g/mol. The van der Waals surface area contributed by atoms with Gasteiger partial charge in [0.2, 0.25) is 0 Å². The zero-order valence-corrected chi connectivity index (χ0v) is 11.8. The Morgan fingerprint density at radius 3 is 2.80 bits per heavy atom. The summed E-state index contributed by atoms with van der Waals surface area (Å²) in [6.45, 7) is 3.84. The van der Waals surface area contributed by atoms with E-state index in [0.29, 0.717) is 11.5 Å². The predicted molar refractivity (Wildman–Crippen MR) is 76.7 cm³/mol. The summed E-state index contributed by atoms with van der Waals surface area (Å²) in [5, 5.41) is 13.8. The third-order valence-corrected chi connectivity index (χ3v) is 3.84. The number of fused-ring (bicyclic) bond motifs is 1. The molecule has 0 saturated heterocycles. The number of hydrogen-bond acceptors (Lipinski definition) is 3. The van der Waals surface area contributed by atoms with Crippen molar-refractivity contribution in [2.75, 3.05) is 4.90 Å². The Balaban J connectivity index is 2.22. The first-order chi connectivity index (χ1) is 9.50. The Hall–Kier alpha value is -2.30. The van der Waals surface area contributed by atoms with Gasteiger partial charge in [-0.2, -0.15) is 5.10 Å². The molecule has 3 rings (SSSR count). The van der Waals surface area contributed by atoms with E-state index in [4.69, 9.17) is 0 Å². The minimum absolute atomic E-state index is 0.222. The Kier molecular flexibility index (Phi) is 2.78. The van der Waals surface area contributed by atoms with Crippen LogP contribution < -0.4 is 4.90 Å². The van der Waals surface area contributed by atoms with Crippen LogP contribution in [0.3, 0.4) is 0 Å². The van der Waals surface area contributed by atoms with Gasteiger partial charge in [-0.25, -0.2) is 4.79 Å². The van der Waals surface area contributed by atoms with Crippen LogP contribution in [0.1, 0.15) is 28.5 Å². The number of hydrogen-bond donors (Lipinski definition) is 1. The lowest BCUT2D eigenvalue weighted by molar-refractivity contribution is 0.0697. The normalized spacial score (nSPS) is 17.4. The molecule has 1 aliphatic rings. The van der Waals surface area contributed by atoms with Crippen molar-refractivity contribution in [1.82, 2.24) is 9.78 Å². The molecule has 0 fully saturated rings. The largest absolute Gasteiger partial charge is 0.477 e. The van der Waals surface area contributed by atoms with Gasteiger partial charge in [0, 0.05) is 18.8 Å². The van der Waals surface area contributed by atoms with Gasteiger partial charge < -0.3 is 10.0 Å². The summed E-state index contributed by atoms with van der Waals surface area (Å²) >= 11 is 0. The van der Waals surface area contributed by atoms with Gasteiger partial charge in [-0.15, -0.1) is 0 Å². The zero-order chi connectivity index (χ0) is 14.4. The number of aryl methyl sites for hydroxylation is 2. The number of aromatic carboxylic acids is 1. The maximum absolute atomic E-state index is 11.6. The minimum Gasteiger partial charge on any atom is -0.477 e. The average Bonchev–Trinajstić information content (AvgIpc) is 2.84. The molecule has 20 heavy (non-hydrogen) atoms. The van der Waals surface area contributed by atoms with Gasteiger partial charge in [-0.05, 0) is 31.9 Å². The van der Waals surface area contributed by atoms with Crippen LogP contribution in [-0.2, 0) is 13.5 Å². The average molecular weight is 271 g/mol. The molecule has 1 aromatic heterocycles. The fourth-order valence-corrected chi connectivity index (χ4v) is 3.06. The van der Waals surface area contributed by atoms with Gasteiger partial charge in [0.1, 0.15) is 11.4 Å². The molecule has 5 nitrogen and oxygen atoms in total. The van der Waals surface area contributed by atoms with Gasteiger partial charge in [0.25, 0.3) is 0 Å². The topological polar surface area (TPSA) is 58.4 Å². The molecule has 2 aromatic rings. The number of benzene rings is 1. The molecule has 1 N–H and O–H groups in total. The van der Waals surface area contributed by atoms with E-state index in [-0.39, 0.29) is 11.6 Å². The van der Waals surface area contributed by atoms with Crippen LogP contribution in [0, 0.1) is 6.92 Å². The maximum Gasteiger partial charge on any atom is 0.341 e. The number of para-hydroxylation sites is 1. The van der Waals surface area contributed by atoms with Crippen molar-refractivity contribution in [2.45, 2.75) is 26.3 Å². The molecular formula is C15H17N3O2. The molecule has 0 saturated carbocycles. The van der Waals surface area contributed by atoms with E-state index in [1.54, 1.807) is 18.7 Å². The van der Waals surface area contributed by atoms with Crippen molar-refractivity contribution in [3.8, 4) is 0 Å². The van der Waals surface area contributed by atoms with E-state index in [2.05, 4.69) is 23.0 Å². The number of carboxylic acids is 1. The lowest BCUT2D eigenvalue weighted by Gasteiger charge is -2.25. The van der Waals surface area contributed by atoms with Gasteiger partial charge in [0.15, 0.2) is 0 Å². The number of carbonyl (C=O) groups is 1. The van der Waals surface area contributed by atoms with Crippen LogP contribution in [-0.4, -0.2) is 26.9 Å². The molecule has 0 amide bonds. The van der Waals surface area contributed by atoms with Crippen LogP contribution in [0.2, 0.25) is 0 Å². The number of nitrogens with zero attached hydrogens (tertiary/aromatic N) is 3. The van der Waals surface area contributed by atoms with Crippen molar-refractivity contribution < 1.29 is 9.90 Å². The van der Waals surface area contributed by atoms with Crippen molar-refractivity contribution in [3.63, 3.8) is 0 Å². The van der Waals surface area contributed by atoms with E-state index < -0.39 is 5.97 Å². The van der Waals surface area contributed by atoms with E-state index in [0.717, 1.165) is 12.1 Å². The second-order valence-corrected chi connectivity index (χ2v) is 5.26. The van der Waals surface area contributed by atoms with E-state index >= 15 is 0 Å². The highest BCUT2D eigenvalue weighted by molar-refractivity contribution is 5.96. The monoisotopic (exact) mass is 271 g/mol. The Bertz CT molecular complexity index is 690. The van der Waals surface area contributed by atoms with Gasteiger partial charge in [-0.1, -0.05) is 18.2 Å². The van der Waals surface area contributed by atoms with E-state index in [9.17, 15) is 9.90 Å². The lowest BCUT2D eigenvalue weighted by Crippen LogP contribution is -2.27. The summed E-state index contributed by atoms with van der Waals surface area (Å²) in [6, 6.07) is 8.35. The molecule has 1 unspecified atom stereocenters. The predicted octanol–water partition coefficient (Wildman–Crippen LogP) is 2.51. The molecule has 0 aliphatic carbocycles. The second-order valence-electron chi connectivity index (χ2n) is 5.26. The summed E-state index contributed by atoms with van der Waals surface area (Å²) in [7, 11) is 1.79. The third-order valence-electron chi connectivity index (χ3n) is 3.84. The number of anilines is 2. The molecule has 104 valence electrons. The van der Waals surface area contributed by atoms with Crippen LogP contribution in [0.5, 0.6) is 0 Å². The molecule has 0 radical (unpaired) electrons. The molecule has 0 bridgehead atoms. The number of aromatic nitrogens is 2. The van der Waals surface area contributed by atoms with Crippen LogP contribution in [0.25, 0.3) is 0 Å². The van der Waals surface area contributed by atoms with Crippen molar-refractivity contribution in [3.05, 3.63) is 41.1 Å². The second kappa shape index (κ2) is 4.37. The van der Waals surface area contributed by atoms with Crippen molar-refractivity contribution in [2.24, 2.45) is 7.05 Å². The van der Waals surface area contributed by atoms with Crippen molar-refractivity contribution in [1.29, 1.82) is 0 Å². The highest BCUT2D eigenvalue weighted by atomic mass is 16.4. The van der Waals surface area contributed by atoms with Gasteiger partial charge >= 0.3 is 5.97 Å². The molecule has 1 atom stereocenters. The summed E-state index contributed by atoms with van der Waals surface area (Å²) in [4.78, 5) is 13.6. The molecule has 5 heteroatoms. The maximum atomic E-state index is 11.6. The molecule has 0 spiro atoms. The fourth-order valence-electron chi connectivity index (χ4n) is 3.06. The van der Waals surface area contributed by atoms with Gasteiger partial charge in [0.05, 0.1) is 5.69 Å². The first kappa shape index (κ1) is 12.7. The first-order valence-electron chi connectivity index (χ1n) is 6.64. The Morgan fingerprint density at radius 1 is 1.40 bits per heavy atom. The zero-order valence-electron chi connectivity index (χ0n) is 11.8. The highest BCUT2D eigenvalue weighted by Crippen LogP contribution is 2.40. The third kappa shape index (κ3) is 1.70. The molecule has 1 aliphatic heterocycles. The number of rotatable bonds is 2. The summed E-state index contributed by atoms with van der Waals surface area (Å²) in [5.74, 6) is -0.269. The van der Waals surface area contributed by atoms with E-state index in [1.165, 1.54) is 5.56 Å². The molecule has 1 aromatic carbocycles. The Labute approximate surface area is 117 Å². The SMILES string of the molecule is Cc1nn(C)c(N2c3ccccc3CC2C)c1C(=O)O. The molecule has 2 heterocycles. The Morgan fingerprint density at radius 2 is 2.10 bits per heavy atom. The minimum atomic E-state index is -0.929. The summed E-state index contributed by atoms with van der Waals surface area (Å²) < 4.78 is 1.66. The van der Waals surface area contributed by atoms with E-state index in [1.807, 2.05) is 18.2 Å². The van der Waals surface area contributed by atoms with Crippen molar-refractivity contribution >= 4 is 17.5 Å². The number of carboxylic acid groups (broad SMARTS) is 1. The quantitative estimate of drug-likeness (QED) is 0.911. The highest BCUT2D eigenvalue weighted by Gasteiger charge is 2.33. The lowest BCUT2D eigenvalue weighted by atomic mass is 10.1. The first-order valence-corrected chi connectivity index (χ1v) is 6.64.